The van der Waals surface area contributed by atoms with E-state index in [1.807, 2.05) is 30.3 Å². The molecule has 1 fully saturated rings. The molecule has 90 valence electrons. The number of ether oxygens (including phenoxy) is 1. The molecular weight excluding hydrogens is 210 g/mol. The Bertz CT molecular complexity index is 371. The first-order valence-corrected chi connectivity index (χ1v) is 6.27. The lowest BCUT2D eigenvalue weighted by molar-refractivity contribution is 0.112. The molecule has 2 nitrogen and oxygen atoms in total. The molecule has 1 aliphatic rings. The van der Waals surface area contributed by atoms with Gasteiger partial charge in [0, 0.05) is 5.56 Å². The van der Waals surface area contributed by atoms with Gasteiger partial charge in [-0.15, -0.1) is 0 Å². The van der Waals surface area contributed by atoms with Crippen molar-refractivity contribution in [2.45, 2.75) is 12.8 Å². The summed E-state index contributed by atoms with van der Waals surface area (Å²) in [7, 11) is 0. The lowest BCUT2D eigenvalue weighted by atomic mass is 9.99. The molecule has 0 spiro atoms. The highest BCUT2D eigenvalue weighted by atomic mass is 16.5. The average Bonchev–Trinajstić information content (AvgIpc) is 2.41. The number of nitrogens with one attached hydrogen (secondary N) is 1. The van der Waals surface area contributed by atoms with E-state index >= 15 is 0 Å². The van der Waals surface area contributed by atoms with Gasteiger partial charge in [-0.2, -0.15) is 0 Å². The SMILES string of the molecule is C(#Cc1ccccc1)COCC1CCNCC1. The highest BCUT2D eigenvalue weighted by Gasteiger charge is 2.12. The van der Waals surface area contributed by atoms with Crippen LogP contribution < -0.4 is 5.32 Å². The van der Waals surface area contributed by atoms with Crippen LogP contribution in [0.4, 0.5) is 0 Å². The maximum absolute atomic E-state index is 5.59. The van der Waals surface area contributed by atoms with Crippen LogP contribution >= 0.6 is 0 Å². The third-order valence-electron chi connectivity index (χ3n) is 2.99. The number of benzene rings is 1. The summed E-state index contributed by atoms with van der Waals surface area (Å²) in [5.41, 5.74) is 1.05. The van der Waals surface area contributed by atoms with Gasteiger partial charge in [0.15, 0.2) is 0 Å². The van der Waals surface area contributed by atoms with Gasteiger partial charge in [-0.05, 0) is 44.0 Å². The Kier molecular flexibility index (Phi) is 5.09. The van der Waals surface area contributed by atoms with E-state index in [2.05, 4.69) is 17.2 Å². The van der Waals surface area contributed by atoms with Crippen molar-refractivity contribution >= 4 is 0 Å². The van der Waals surface area contributed by atoms with Gasteiger partial charge in [0.1, 0.15) is 6.61 Å². The first-order chi connectivity index (χ1) is 8.45. The predicted octanol–water partition coefficient (Wildman–Crippen LogP) is 2.05. The van der Waals surface area contributed by atoms with Crippen molar-refractivity contribution in [1.29, 1.82) is 0 Å². The molecule has 0 aromatic heterocycles. The van der Waals surface area contributed by atoms with Crippen LogP contribution in [0.15, 0.2) is 30.3 Å². The van der Waals surface area contributed by atoms with E-state index in [1.165, 1.54) is 12.8 Å². The molecule has 1 aromatic carbocycles. The topological polar surface area (TPSA) is 21.3 Å². The molecule has 17 heavy (non-hydrogen) atoms. The average molecular weight is 229 g/mol. The molecule has 1 N–H and O–H groups in total. The van der Waals surface area contributed by atoms with Crippen LogP contribution in [0.5, 0.6) is 0 Å². The molecule has 1 aliphatic heterocycles. The van der Waals surface area contributed by atoms with Gasteiger partial charge in [-0.3, -0.25) is 0 Å². The Labute approximate surface area is 103 Å². The molecule has 0 bridgehead atoms. The van der Waals surface area contributed by atoms with Crippen molar-refractivity contribution in [2.75, 3.05) is 26.3 Å². The maximum Gasteiger partial charge on any atom is 0.108 e. The molecule has 1 heterocycles. The second kappa shape index (κ2) is 7.11. The Hall–Kier alpha value is -1.30. The van der Waals surface area contributed by atoms with Gasteiger partial charge in [-0.25, -0.2) is 0 Å². The lowest BCUT2D eigenvalue weighted by Crippen LogP contribution is -2.29. The van der Waals surface area contributed by atoms with Crippen LogP contribution in [-0.4, -0.2) is 26.3 Å². The van der Waals surface area contributed by atoms with Crippen LogP contribution in [0, 0.1) is 17.8 Å². The van der Waals surface area contributed by atoms with E-state index in [9.17, 15) is 0 Å². The molecule has 1 aromatic rings. The molecule has 2 heteroatoms. The number of hydrogen-bond acceptors (Lipinski definition) is 2. The maximum atomic E-state index is 5.59. The van der Waals surface area contributed by atoms with Crippen molar-refractivity contribution in [2.24, 2.45) is 5.92 Å². The zero-order valence-electron chi connectivity index (χ0n) is 10.1. The standard InChI is InChI=1S/C15H19NO/c1-2-5-14(6-3-1)7-4-12-17-13-15-8-10-16-11-9-15/h1-3,5-6,15-16H,8-13H2. The third-order valence-corrected chi connectivity index (χ3v) is 2.99. The zero-order valence-corrected chi connectivity index (χ0v) is 10.1. The minimum Gasteiger partial charge on any atom is -0.368 e. The van der Waals surface area contributed by atoms with Crippen molar-refractivity contribution in [3.8, 4) is 11.8 Å². The Morgan fingerprint density at radius 2 is 1.94 bits per heavy atom. The second-order valence-electron chi connectivity index (χ2n) is 4.38. The van der Waals surface area contributed by atoms with E-state index in [4.69, 9.17) is 4.74 Å². The van der Waals surface area contributed by atoms with Gasteiger partial charge in [0.25, 0.3) is 0 Å². The largest absolute Gasteiger partial charge is 0.368 e. The van der Waals surface area contributed by atoms with Crippen molar-refractivity contribution in [3.05, 3.63) is 35.9 Å². The van der Waals surface area contributed by atoms with Crippen molar-refractivity contribution in [1.82, 2.24) is 5.32 Å². The molecule has 0 saturated carbocycles. The van der Waals surface area contributed by atoms with Crippen molar-refractivity contribution < 1.29 is 4.74 Å². The summed E-state index contributed by atoms with van der Waals surface area (Å²) in [4.78, 5) is 0. The molecule has 1 saturated heterocycles. The Morgan fingerprint density at radius 1 is 1.18 bits per heavy atom. The summed E-state index contributed by atoms with van der Waals surface area (Å²) in [5, 5.41) is 3.35. The number of hydrogen-bond donors (Lipinski definition) is 1. The van der Waals surface area contributed by atoms with E-state index in [1.54, 1.807) is 0 Å². The molecule has 0 amide bonds. The molecular formula is C15H19NO. The van der Waals surface area contributed by atoms with Crippen molar-refractivity contribution in [3.63, 3.8) is 0 Å². The molecule has 0 atom stereocenters. The fraction of sp³-hybridized carbons (Fsp3) is 0.467. The summed E-state index contributed by atoms with van der Waals surface area (Å²) < 4.78 is 5.59. The summed E-state index contributed by atoms with van der Waals surface area (Å²) in [6.07, 6.45) is 2.46. The van der Waals surface area contributed by atoms with Crippen LogP contribution in [-0.2, 0) is 4.74 Å². The minimum atomic E-state index is 0.540. The van der Waals surface area contributed by atoms with Gasteiger partial charge in [-0.1, -0.05) is 30.0 Å². The fourth-order valence-electron chi connectivity index (χ4n) is 1.98. The normalized spacial score (nSPS) is 16.2. The first kappa shape index (κ1) is 12.2. The number of rotatable bonds is 3. The monoisotopic (exact) mass is 229 g/mol. The Balaban J connectivity index is 1.64. The summed E-state index contributed by atoms with van der Waals surface area (Å²) in [6, 6.07) is 10.0. The third kappa shape index (κ3) is 4.60. The summed E-state index contributed by atoms with van der Waals surface area (Å²) in [5.74, 6) is 6.87. The van der Waals surface area contributed by atoms with E-state index in [-0.39, 0.29) is 0 Å². The lowest BCUT2D eigenvalue weighted by Gasteiger charge is -2.21. The predicted molar refractivity (Wildman–Crippen MR) is 69.7 cm³/mol. The molecule has 0 aliphatic carbocycles. The van der Waals surface area contributed by atoms with Crippen LogP contribution in [0.1, 0.15) is 18.4 Å². The van der Waals surface area contributed by atoms with E-state index < -0.39 is 0 Å². The highest BCUT2D eigenvalue weighted by Crippen LogP contribution is 2.11. The zero-order chi connectivity index (χ0) is 11.8. The smallest absolute Gasteiger partial charge is 0.108 e. The van der Waals surface area contributed by atoms with Crippen LogP contribution in [0.25, 0.3) is 0 Å². The summed E-state index contributed by atoms with van der Waals surface area (Å²) in [6.45, 7) is 3.65. The quantitative estimate of drug-likeness (QED) is 0.633. The van der Waals surface area contributed by atoms with Gasteiger partial charge in [0.05, 0.1) is 6.61 Å². The molecule has 0 radical (unpaired) electrons. The van der Waals surface area contributed by atoms with Gasteiger partial charge in [0.2, 0.25) is 0 Å². The minimum absolute atomic E-state index is 0.540. The van der Waals surface area contributed by atoms with Crippen LogP contribution in [0.2, 0.25) is 0 Å². The van der Waals surface area contributed by atoms with Gasteiger partial charge < -0.3 is 10.1 Å². The van der Waals surface area contributed by atoms with E-state index in [0.29, 0.717) is 6.61 Å². The molecule has 0 unspecified atom stereocenters. The van der Waals surface area contributed by atoms with E-state index in [0.717, 1.165) is 31.2 Å². The van der Waals surface area contributed by atoms with Gasteiger partial charge >= 0.3 is 0 Å². The fourth-order valence-corrected chi connectivity index (χ4v) is 1.98. The Morgan fingerprint density at radius 3 is 2.71 bits per heavy atom. The molecule has 2 rings (SSSR count). The first-order valence-electron chi connectivity index (χ1n) is 6.27. The number of piperidine rings is 1. The second-order valence-corrected chi connectivity index (χ2v) is 4.38. The summed E-state index contributed by atoms with van der Waals surface area (Å²) >= 11 is 0. The highest BCUT2D eigenvalue weighted by molar-refractivity contribution is 5.33. The van der Waals surface area contributed by atoms with Crippen LogP contribution in [0.3, 0.4) is 0 Å².